The van der Waals surface area contributed by atoms with Crippen molar-refractivity contribution in [2.45, 2.75) is 18.6 Å². The number of benzene rings is 1. The van der Waals surface area contributed by atoms with E-state index >= 15 is 0 Å². The molecule has 0 aliphatic carbocycles. The summed E-state index contributed by atoms with van der Waals surface area (Å²) in [6.07, 6.45) is 0.962. The van der Waals surface area contributed by atoms with Gasteiger partial charge in [0.25, 0.3) is 5.92 Å². The molecule has 1 unspecified atom stereocenters. The second-order valence-corrected chi connectivity index (χ2v) is 4.64. The van der Waals surface area contributed by atoms with E-state index < -0.39 is 17.5 Å². The number of rotatable bonds is 1. The Morgan fingerprint density at radius 3 is 2.71 bits per heavy atom. The van der Waals surface area contributed by atoms with E-state index in [1.807, 2.05) is 0 Å². The number of aliphatic imine (C=N–C) groups is 1. The number of hydrogen-bond acceptors (Lipinski definition) is 3. The fourth-order valence-corrected chi connectivity index (χ4v) is 1.90. The molecule has 1 atom stereocenters. The van der Waals surface area contributed by atoms with Crippen molar-refractivity contribution in [3.8, 4) is 0 Å². The van der Waals surface area contributed by atoms with Crippen LogP contribution in [0, 0.1) is 5.82 Å². The molecule has 1 aliphatic heterocycles. The van der Waals surface area contributed by atoms with Crippen LogP contribution in [0.3, 0.4) is 0 Å². The van der Waals surface area contributed by atoms with Crippen LogP contribution in [0.5, 0.6) is 0 Å². The van der Waals surface area contributed by atoms with Crippen LogP contribution in [0.1, 0.15) is 12.5 Å². The van der Waals surface area contributed by atoms with Crippen LogP contribution in [0.4, 0.5) is 18.9 Å². The first-order valence-electron chi connectivity index (χ1n) is 4.65. The van der Waals surface area contributed by atoms with E-state index in [9.17, 15) is 18.3 Å². The van der Waals surface area contributed by atoms with Crippen LogP contribution in [-0.2, 0) is 5.72 Å². The number of aliphatic hydroxyl groups is 1. The second kappa shape index (κ2) is 3.71. The number of nitrogens with zero attached hydrogens (tertiary/aromatic N) is 1. The molecule has 0 saturated heterocycles. The molecule has 0 saturated carbocycles. The van der Waals surface area contributed by atoms with E-state index in [0.717, 1.165) is 12.4 Å². The molecule has 1 aromatic rings. The maximum Gasteiger partial charge on any atom is 0.296 e. The molecule has 17 heavy (non-hydrogen) atoms. The number of halogens is 4. The maximum atomic E-state index is 13.4. The van der Waals surface area contributed by atoms with Crippen molar-refractivity contribution in [3.63, 3.8) is 0 Å². The molecule has 7 heteroatoms. The van der Waals surface area contributed by atoms with Gasteiger partial charge in [-0.2, -0.15) is 0 Å². The van der Waals surface area contributed by atoms with E-state index in [4.69, 9.17) is 0 Å². The topological polar surface area (TPSA) is 44.6 Å². The predicted molar refractivity (Wildman–Crippen MR) is 59.9 cm³/mol. The molecule has 1 aliphatic rings. The summed E-state index contributed by atoms with van der Waals surface area (Å²) in [5, 5.41) is 12.0. The zero-order valence-corrected chi connectivity index (χ0v) is 10.2. The largest absolute Gasteiger partial charge is 0.362 e. The minimum absolute atomic E-state index is 0.0843. The Kier molecular flexibility index (Phi) is 2.70. The van der Waals surface area contributed by atoms with Gasteiger partial charge in [-0.05, 0) is 28.1 Å². The van der Waals surface area contributed by atoms with Gasteiger partial charge in [0, 0.05) is 12.5 Å². The Labute approximate surface area is 103 Å². The number of hydrogen-bond donors (Lipinski definition) is 2. The Morgan fingerprint density at radius 2 is 2.12 bits per heavy atom. The quantitative estimate of drug-likeness (QED) is 0.838. The van der Waals surface area contributed by atoms with Gasteiger partial charge in [0.15, 0.2) is 0 Å². The third-order valence-corrected chi connectivity index (χ3v) is 3.15. The highest BCUT2D eigenvalue weighted by Crippen LogP contribution is 2.42. The van der Waals surface area contributed by atoms with Gasteiger partial charge in [-0.3, -0.25) is 0 Å². The molecule has 1 aromatic carbocycles. The summed E-state index contributed by atoms with van der Waals surface area (Å²) in [5.74, 6) is -4.24. The van der Waals surface area contributed by atoms with Gasteiger partial charge in [0.1, 0.15) is 5.82 Å². The third kappa shape index (κ3) is 1.83. The summed E-state index contributed by atoms with van der Waals surface area (Å²) in [6, 6.07) is 2.07. The predicted octanol–water partition coefficient (Wildman–Crippen LogP) is 2.65. The fourth-order valence-electron chi connectivity index (χ4n) is 1.57. The molecular formula is C10H8BrF3N2O. The first-order chi connectivity index (χ1) is 7.75. The zero-order chi connectivity index (χ0) is 12.8. The molecule has 0 amide bonds. The lowest BCUT2D eigenvalue weighted by molar-refractivity contribution is -0.184. The Morgan fingerprint density at radius 1 is 1.47 bits per heavy atom. The van der Waals surface area contributed by atoms with Crippen LogP contribution >= 0.6 is 15.9 Å². The Bertz CT molecular complexity index is 501. The van der Waals surface area contributed by atoms with Crippen LogP contribution in [0.25, 0.3) is 0 Å². The lowest BCUT2D eigenvalue weighted by Gasteiger charge is -2.36. The highest BCUT2D eigenvalue weighted by molar-refractivity contribution is 9.10. The average molecular weight is 309 g/mol. The molecule has 92 valence electrons. The van der Waals surface area contributed by atoms with E-state index in [-0.39, 0.29) is 15.7 Å². The summed E-state index contributed by atoms with van der Waals surface area (Å²) < 4.78 is 40.2. The molecule has 0 aromatic heterocycles. The standard InChI is InChI=1S/C10H8BrF3N2O/c1-9(13,14)10(17)5-2-7(12)6(11)3-8(5)15-4-16-10/h2-4,17H,1H3,(H,15,16). The minimum Gasteiger partial charge on any atom is -0.362 e. The lowest BCUT2D eigenvalue weighted by atomic mass is 9.94. The lowest BCUT2D eigenvalue weighted by Crippen LogP contribution is -2.55. The molecule has 2 N–H and O–H groups in total. The normalized spacial score (nSPS) is 23.2. The van der Waals surface area contributed by atoms with Gasteiger partial charge in [-0.1, -0.05) is 0 Å². The highest BCUT2D eigenvalue weighted by Gasteiger charge is 2.52. The van der Waals surface area contributed by atoms with Crippen molar-refractivity contribution in [2.24, 2.45) is 4.99 Å². The summed E-state index contributed by atoms with van der Waals surface area (Å²) in [4.78, 5) is 3.78. The summed E-state index contributed by atoms with van der Waals surface area (Å²) in [6.45, 7) is 0.545. The van der Waals surface area contributed by atoms with Crippen molar-refractivity contribution in [3.05, 3.63) is 28.0 Å². The smallest absolute Gasteiger partial charge is 0.296 e. The van der Waals surface area contributed by atoms with Crippen molar-refractivity contribution in [1.29, 1.82) is 0 Å². The number of fused-ring (bicyclic) bond motifs is 1. The Hall–Kier alpha value is -1.08. The molecule has 1 heterocycles. The molecule has 0 spiro atoms. The monoisotopic (exact) mass is 308 g/mol. The first-order valence-corrected chi connectivity index (χ1v) is 5.45. The van der Waals surface area contributed by atoms with Crippen LogP contribution in [0.2, 0.25) is 0 Å². The van der Waals surface area contributed by atoms with E-state index in [1.165, 1.54) is 6.07 Å². The van der Waals surface area contributed by atoms with Gasteiger partial charge in [0.2, 0.25) is 5.72 Å². The van der Waals surface area contributed by atoms with Gasteiger partial charge in [-0.25, -0.2) is 18.2 Å². The van der Waals surface area contributed by atoms with E-state index in [0.29, 0.717) is 6.92 Å². The first kappa shape index (κ1) is 12.4. The van der Waals surface area contributed by atoms with Crippen molar-refractivity contribution < 1.29 is 18.3 Å². The van der Waals surface area contributed by atoms with Crippen molar-refractivity contribution in [1.82, 2.24) is 5.32 Å². The van der Waals surface area contributed by atoms with Gasteiger partial charge in [-0.15, -0.1) is 0 Å². The third-order valence-electron chi connectivity index (χ3n) is 2.54. The van der Waals surface area contributed by atoms with E-state index in [1.54, 1.807) is 0 Å². The van der Waals surface area contributed by atoms with Crippen LogP contribution in [-0.4, -0.2) is 17.4 Å². The van der Waals surface area contributed by atoms with Gasteiger partial charge >= 0.3 is 0 Å². The van der Waals surface area contributed by atoms with Crippen LogP contribution < -0.4 is 5.32 Å². The van der Waals surface area contributed by atoms with Crippen LogP contribution in [0.15, 0.2) is 21.6 Å². The molecular weight excluding hydrogens is 301 g/mol. The van der Waals surface area contributed by atoms with Crippen molar-refractivity contribution >= 4 is 28.0 Å². The minimum atomic E-state index is -3.49. The average Bonchev–Trinajstić information content (AvgIpc) is 2.20. The van der Waals surface area contributed by atoms with Crippen molar-refractivity contribution in [2.75, 3.05) is 0 Å². The molecule has 2 rings (SSSR count). The molecule has 0 fully saturated rings. The summed E-state index contributed by atoms with van der Waals surface area (Å²) >= 11 is 2.92. The van der Waals surface area contributed by atoms with E-state index in [2.05, 4.69) is 26.2 Å². The second-order valence-electron chi connectivity index (χ2n) is 3.78. The zero-order valence-electron chi connectivity index (χ0n) is 8.64. The highest BCUT2D eigenvalue weighted by atomic mass is 79.9. The molecule has 0 bridgehead atoms. The SMILES string of the molecule is CC(F)(F)C1(O)NC=Nc2cc(Br)c(F)cc21. The summed E-state index contributed by atoms with van der Waals surface area (Å²) in [5.41, 5.74) is -2.87. The molecule has 0 radical (unpaired) electrons. The Balaban J connectivity index is 2.67. The fraction of sp³-hybridized carbons (Fsp3) is 0.300. The maximum absolute atomic E-state index is 13.4. The van der Waals surface area contributed by atoms with Gasteiger partial charge in [0.05, 0.1) is 16.5 Å². The summed E-state index contributed by atoms with van der Waals surface area (Å²) in [7, 11) is 0. The number of nitrogens with one attached hydrogen (secondary N) is 1. The molecule has 3 nitrogen and oxygen atoms in total. The van der Waals surface area contributed by atoms with Gasteiger partial charge < -0.3 is 10.4 Å². The number of alkyl halides is 2.